The third-order valence-corrected chi connectivity index (χ3v) is 11.5. The molecule has 362 valence electrons. The molecule has 0 unspecified atom stereocenters. The molecule has 1 aliphatic heterocycles. The fourth-order valence-corrected chi connectivity index (χ4v) is 7.74. The van der Waals surface area contributed by atoms with Crippen molar-refractivity contribution in [3.63, 3.8) is 0 Å². The number of benzene rings is 2. The minimum absolute atomic E-state index is 0.0975. The molecule has 20 nitrogen and oxygen atoms in total. The zero-order valence-corrected chi connectivity index (χ0v) is 38.8. The van der Waals surface area contributed by atoms with Gasteiger partial charge in [-0.25, -0.2) is 0 Å². The van der Waals surface area contributed by atoms with E-state index in [9.17, 15) is 33.9 Å². The monoisotopic (exact) mass is 919 g/mol. The minimum Gasteiger partial charge on any atom is -0.507 e. The van der Waals surface area contributed by atoms with Gasteiger partial charge in [0.05, 0.1) is 6.04 Å². The Balaban J connectivity index is 1.62. The van der Waals surface area contributed by atoms with Crippen molar-refractivity contribution in [1.82, 2.24) is 52.1 Å². The van der Waals surface area contributed by atoms with E-state index in [0.29, 0.717) is 48.4 Å². The molecule has 1 aromatic heterocycles. The Kier molecular flexibility index (Phi) is 21.9. The van der Waals surface area contributed by atoms with Crippen LogP contribution in [0.1, 0.15) is 126 Å². The van der Waals surface area contributed by atoms with E-state index in [4.69, 9.17) is 16.2 Å². The molecule has 2 aromatic carbocycles. The van der Waals surface area contributed by atoms with Crippen molar-refractivity contribution in [2.45, 2.75) is 134 Å². The van der Waals surface area contributed by atoms with Gasteiger partial charge in [-0.05, 0) is 93.2 Å². The summed E-state index contributed by atoms with van der Waals surface area (Å²) in [6.07, 6.45) is 11.0. The summed E-state index contributed by atoms with van der Waals surface area (Å²) >= 11 is 0. The number of ketones is 1. The van der Waals surface area contributed by atoms with Gasteiger partial charge in [0.25, 0.3) is 0 Å². The molecule has 5 amide bonds. The number of Topliss-reactive ketones (excluding diaryl/α,β-unsaturated/α-hetero) is 1. The molecule has 20 heteroatoms. The number of aromatic amines is 1. The summed E-state index contributed by atoms with van der Waals surface area (Å²) in [4.78, 5) is 84.3. The van der Waals surface area contributed by atoms with E-state index in [2.05, 4.69) is 54.1 Å². The Morgan fingerprint density at radius 3 is 2.33 bits per heavy atom. The number of fused-ring (bicyclic) bond motifs is 5. The molecule has 0 saturated carbocycles. The molecule has 0 saturated heterocycles. The second-order valence-corrected chi connectivity index (χ2v) is 16.8. The highest BCUT2D eigenvalue weighted by atomic mass is 16.5. The summed E-state index contributed by atoms with van der Waals surface area (Å²) in [6.45, 7) is 6.96. The molecular formula is C46H70N12O8. The number of hydrogen-bond acceptors (Lipinski definition) is 14. The molecule has 0 radical (unpaired) electrons. The van der Waals surface area contributed by atoms with E-state index in [0.717, 1.165) is 19.4 Å². The largest absolute Gasteiger partial charge is 0.507 e. The maximum absolute atomic E-state index is 14.6. The van der Waals surface area contributed by atoms with Gasteiger partial charge < -0.3 is 52.8 Å². The van der Waals surface area contributed by atoms with Crippen molar-refractivity contribution in [1.29, 1.82) is 0 Å². The van der Waals surface area contributed by atoms with Crippen LogP contribution in [0.3, 0.4) is 0 Å². The fraction of sp³-hybridized carbons (Fsp3) is 0.587. The van der Waals surface area contributed by atoms with Crippen molar-refractivity contribution in [2.24, 2.45) is 11.5 Å². The molecule has 0 spiro atoms. The average molecular weight is 919 g/mol. The number of amides is 5. The predicted octanol–water partition coefficient (Wildman–Crippen LogP) is 2.08. The number of unbranched alkanes of at least 4 members (excludes halogenated alkanes) is 8. The summed E-state index contributed by atoms with van der Waals surface area (Å²) in [5.74, 6) is -3.83. The number of aromatic hydroxyl groups is 1. The smallest absolute Gasteiger partial charge is 0.248 e. The van der Waals surface area contributed by atoms with Crippen LogP contribution in [0.4, 0.5) is 0 Å². The Bertz CT molecular complexity index is 2050. The third-order valence-electron chi connectivity index (χ3n) is 11.5. The van der Waals surface area contributed by atoms with Gasteiger partial charge in [-0.2, -0.15) is 5.21 Å². The number of nitrogens with one attached hydrogen (secondary N) is 6. The third kappa shape index (κ3) is 15.9. The van der Waals surface area contributed by atoms with Crippen LogP contribution < -0.4 is 42.8 Å². The zero-order chi connectivity index (χ0) is 48.0. The lowest BCUT2D eigenvalue weighted by molar-refractivity contribution is -0.143. The second kappa shape index (κ2) is 27.5. The van der Waals surface area contributed by atoms with Gasteiger partial charge in [0, 0.05) is 44.1 Å². The van der Waals surface area contributed by atoms with E-state index in [-0.39, 0.29) is 55.5 Å². The molecule has 2 heterocycles. The quantitative estimate of drug-likeness (QED) is 0.0412. The van der Waals surface area contributed by atoms with Gasteiger partial charge in [0.15, 0.2) is 0 Å². The molecular weight excluding hydrogens is 849 g/mol. The van der Waals surface area contributed by atoms with Crippen LogP contribution in [0.5, 0.6) is 11.5 Å². The predicted molar refractivity (Wildman–Crippen MR) is 248 cm³/mol. The standard InChI is InChI=1S/C46H70N12O8/c1-5-6-7-8-9-10-11-14-23-49-24-20-39(60)52-35(15-12-13-21-47)46(65)58(4)40-32-17-19-38(66-25-22-48)34(28-32)33-26-31(16-18-37(33)59)27-36(53-43(62)30(3)51-45(40)64)44(63)50-29(2)41(61)42-54-56-57-55-42/h16-19,26,28-30,35-36,40,49,59H,5-15,20-25,27,47-48H2,1-4H3,(H,50,63)(H,51,64)(H,52,60)(H,53,62)(H,54,55,56,57)/t29-,30-,35-,36-,40-/m0/s1. The van der Waals surface area contributed by atoms with Gasteiger partial charge in [0.2, 0.25) is 41.1 Å². The molecule has 0 fully saturated rings. The Hall–Kier alpha value is -5.99. The number of tetrazole rings is 1. The molecule has 3 aromatic rings. The molecule has 1 aliphatic rings. The van der Waals surface area contributed by atoms with Crippen LogP contribution in [0, 0.1) is 0 Å². The maximum Gasteiger partial charge on any atom is 0.248 e. The van der Waals surface area contributed by atoms with Gasteiger partial charge >= 0.3 is 0 Å². The number of rotatable bonds is 26. The number of likely N-dealkylation sites (N-methyl/N-ethyl adjacent to an activating group) is 1. The first-order valence-corrected chi connectivity index (χ1v) is 23.2. The number of ether oxygens (including phenoxy) is 1. The number of nitrogens with two attached hydrogens (primary N) is 2. The lowest BCUT2D eigenvalue weighted by Gasteiger charge is -2.32. The number of phenols is 1. The van der Waals surface area contributed by atoms with E-state index in [1.807, 2.05) is 0 Å². The number of carbonyl (C=O) groups is 6. The number of aromatic nitrogens is 4. The SMILES string of the molecule is CCCCCCCCCCNCCC(=O)N[C@@H](CCCCN)C(=O)N(C)[C@@H]1C(=O)N[C@@H](C)C(=O)N[C@H](C(=O)N[C@@H](C)C(=O)c2nn[nH]n2)Cc2ccc(O)c(c2)-c2cc1ccc2OCCN. The first-order valence-electron chi connectivity index (χ1n) is 23.2. The highest BCUT2D eigenvalue weighted by Gasteiger charge is 2.36. The summed E-state index contributed by atoms with van der Waals surface area (Å²) < 4.78 is 6.01. The van der Waals surface area contributed by atoms with Crippen molar-refractivity contribution < 1.29 is 38.6 Å². The topological polar surface area (TPSA) is 302 Å². The minimum atomic E-state index is -1.37. The summed E-state index contributed by atoms with van der Waals surface area (Å²) in [7, 11) is 1.45. The van der Waals surface area contributed by atoms with Crippen molar-refractivity contribution >= 4 is 35.3 Å². The molecule has 4 bridgehead atoms. The highest BCUT2D eigenvalue weighted by Crippen LogP contribution is 2.39. The summed E-state index contributed by atoms with van der Waals surface area (Å²) in [6, 6.07) is 3.45. The van der Waals surface area contributed by atoms with Gasteiger partial charge in [-0.3, -0.25) is 28.8 Å². The average Bonchev–Trinajstić information content (AvgIpc) is 3.85. The molecule has 66 heavy (non-hydrogen) atoms. The van der Waals surface area contributed by atoms with Crippen LogP contribution in [0.15, 0.2) is 36.4 Å². The maximum atomic E-state index is 14.6. The first-order chi connectivity index (χ1) is 31.8. The Morgan fingerprint density at radius 1 is 0.894 bits per heavy atom. The summed E-state index contributed by atoms with van der Waals surface area (Å²) in [5, 5.41) is 38.5. The Morgan fingerprint density at radius 2 is 1.64 bits per heavy atom. The van der Waals surface area contributed by atoms with Gasteiger partial charge in [-0.15, -0.1) is 10.2 Å². The molecule has 4 rings (SSSR count). The molecule has 11 N–H and O–H groups in total. The van der Waals surface area contributed by atoms with Crippen molar-refractivity contribution in [3.05, 3.63) is 53.3 Å². The normalized spacial score (nSPS) is 17.1. The number of hydrogen-bond donors (Lipinski definition) is 9. The van der Waals surface area contributed by atoms with E-state index in [1.54, 1.807) is 30.3 Å². The van der Waals surface area contributed by atoms with Crippen LogP contribution in [-0.2, 0) is 30.4 Å². The second-order valence-electron chi connectivity index (χ2n) is 16.8. The number of nitrogens with zero attached hydrogens (tertiary/aromatic N) is 4. The number of carbonyl (C=O) groups excluding carboxylic acids is 6. The van der Waals surface area contributed by atoms with Crippen LogP contribution in [0.2, 0.25) is 0 Å². The van der Waals surface area contributed by atoms with Crippen molar-refractivity contribution in [3.8, 4) is 22.6 Å². The van der Waals surface area contributed by atoms with E-state index < -0.39 is 59.6 Å². The van der Waals surface area contributed by atoms with Crippen molar-refractivity contribution in [2.75, 3.05) is 39.8 Å². The van der Waals surface area contributed by atoms with Crippen LogP contribution in [-0.4, -0.2) is 130 Å². The fourth-order valence-electron chi connectivity index (χ4n) is 7.74. The number of phenolic OH excluding ortho intramolecular Hbond substituents is 1. The van der Waals surface area contributed by atoms with E-state index in [1.165, 1.54) is 70.4 Å². The highest BCUT2D eigenvalue weighted by molar-refractivity contribution is 6.00. The van der Waals surface area contributed by atoms with Gasteiger partial charge in [0.1, 0.15) is 42.3 Å². The molecule has 0 aliphatic carbocycles. The van der Waals surface area contributed by atoms with Gasteiger partial charge in [-0.1, -0.05) is 64.0 Å². The number of H-pyrrole nitrogens is 1. The Labute approximate surface area is 386 Å². The molecule has 5 atom stereocenters. The van der Waals surface area contributed by atoms with Crippen LogP contribution in [0.25, 0.3) is 11.1 Å². The lowest BCUT2D eigenvalue weighted by Crippen LogP contribution is -2.57. The first kappa shape index (κ1) is 52.6. The van der Waals surface area contributed by atoms with Crippen LogP contribution >= 0.6 is 0 Å². The lowest BCUT2D eigenvalue weighted by atomic mass is 9.93. The van der Waals surface area contributed by atoms with E-state index >= 15 is 0 Å². The summed E-state index contributed by atoms with van der Waals surface area (Å²) in [5.41, 5.74) is 13.0. The zero-order valence-electron chi connectivity index (χ0n) is 38.8.